The second-order valence-electron chi connectivity index (χ2n) is 9.77. The van der Waals surface area contributed by atoms with Crippen molar-refractivity contribution >= 4 is 36.1 Å². The van der Waals surface area contributed by atoms with Gasteiger partial charge in [0.05, 0.1) is 13.2 Å². The van der Waals surface area contributed by atoms with Gasteiger partial charge in [-0.3, -0.25) is 23.7 Å². The summed E-state index contributed by atoms with van der Waals surface area (Å²) in [5, 5.41) is 28.2. The van der Waals surface area contributed by atoms with Crippen molar-refractivity contribution in [2.24, 2.45) is 0 Å². The molecule has 43 heavy (non-hydrogen) atoms. The van der Waals surface area contributed by atoms with E-state index in [4.69, 9.17) is 30.1 Å². The van der Waals surface area contributed by atoms with Crippen molar-refractivity contribution in [2.45, 2.75) is 56.8 Å². The Kier molecular flexibility index (Phi) is 10.5. The number of unbranched alkanes of at least 4 members (excludes halogenated alkanes) is 1. The molecule has 2 aromatic carbocycles. The zero-order valence-corrected chi connectivity index (χ0v) is 24.9. The fourth-order valence-electron chi connectivity index (χ4n) is 4.40. The molecule has 1 fully saturated rings. The van der Waals surface area contributed by atoms with Gasteiger partial charge in [0.25, 0.3) is 5.56 Å². The molecule has 1 aromatic heterocycles. The molecule has 1 saturated heterocycles. The Balaban J connectivity index is 1.62. The van der Waals surface area contributed by atoms with Crippen LogP contribution in [0.3, 0.4) is 0 Å². The number of esters is 1. The number of H-pyrrole nitrogens is 1. The minimum Gasteiger partial charge on any atom is -0.465 e. The van der Waals surface area contributed by atoms with Crippen molar-refractivity contribution in [3.8, 4) is 17.0 Å². The maximum Gasteiger partial charge on any atom is 0.459 e. The lowest BCUT2D eigenvalue weighted by Crippen LogP contribution is -2.48. The number of carbonyl (C=O) groups excluding carboxylic acids is 1. The number of aromatic nitrogens is 2. The van der Waals surface area contributed by atoms with Crippen LogP contribution < -0.4 is 20.9 Å². The second-order valence-corrected chi connectivity index (χ2v) is 11.7. The number of nitrogens with zero attached hydrogens (tertiary/aromatic N) is 1. The minimum absolute atomic E-state index is 0.171. The van der Waals surface area contributed by atoms with E-state index >= 15 is 0 Å². The van der Waals surface area contributed by atoms with Crippen LogP contribution >= 0.6 is 19.3 Å². The summed E-state index contributed by atoms with van der Waals surface area (Å²) in [6.07, 6.45) is -2.44. The summed E-state index contributed by atoms with van der Waals surface area (Å²) in [5.74, 6) is 1.71. The Morgan fingerprint density at radius 2 is 2.00 bits per heavy atom. The van der Waals surface area contributed by atoms with Crippen LogP contribution in [-0.4, -0.2) is 62.8 Å². The molecule has 6 atom stereocenters. The quantitative estimate of drug-likeness (QED) is 0.0994. The third-order valence-corrected chi connectivity index (χ3v) is 8.38. The molecule has 0 saturated carbocycles. The van der Waals surface area contributed by atoms with Gasteiger partial charge in [-0.2, -0.15) is 5.09 Å². The first-order valence-electron chi connectivity index (χ1n) is 13.4. The molecule has 0 amide bonds. The maximum atomic E-state index is 14.2. The maximum absolute atomic E-state index is 14.2. The Bertz CT molecular complexity index is 1680. The number of aliphatic hydroxyl groups is 2. The first-order valence-corrected chi connectivity index (χ1v) is 15.3. The molecule has 15 heteroatoms. The van der Waals surface area contributed by atoms with Gasteiger partial charge in [0.2, 0.25) is 5.60 Å². The first-order chi connectivity index (χ1) is 20.5. The van der Waals surface area contributed by atoms with Crippen LogP contribution in [0.1, 0.15) is 32.9 Å². The smallest absolute Gasteiger partial charge is 0.459 e. The number of aliphatic hydroxyl groups excluding tert-OH is 1. The lowest BCUT2D eigenvalue weighted by atomic mass is 9.95. The molecule has 13 nitrogen and oxygen atoms in total. The van der Waals surface area contributed by atoms with Gasteiger partial charge in [0.15, 0.2) is 6.23 Å². The molecule has 3 aromatic rings. The SMILES string of the molecule is CCCCOC(=O)[C@H](C)NP(=O)(OC[C@H]1O[C@@H](n2ccc(=O)[nH]c2=O)[C@@](O)(C#CCl)[C@@H]1O)Oc1cccc2ccccc12. The van der Waals surface area contributed by atoms with Crippen molar-refractivity contribution in [3.63, 3.8) is 0 Å². The molecular formula is C28H31ClN3O10P. The third-order valence-electron chi connectivity index (χ3n) is 6.66. The van der Waals surface area contributed by atoms with E-state index in [0.29, 0.717) is 11.8 Å². The molecular weight excluding hydrogens is 605 g/mol. The number of rotatable bonds is 12. The van der Waals surface area contributed by atoms with Crippen molar-refractivity contribution < 1.29 is 38.1 Å². The largest absolute Gasteiger partial charge is 0.465 e. The average molecular weight is 636 g/mol. The summed E-state index contributed by atoms with van der Waals surface area (Å²) in [4.78, 5) is 38.6. The summed E-state index contributed by atoms with van der Waals surface area (Å²) in [5.41, 5.74) is -4.10. The van der Waals surface area contributed by atoms with Crippen LogP contribution in [0.25, 0.3) is 10.8 Å². The number of fused-ring (bicyclic) bond motifs is 1. The molecule has 1 aliphatic heterocycles. The predicted molar refractivity (Wildman–Crippen MR) is 156 cm³/mol. The molecule has 0 aliphatic carbocycles. The van der Waals surface area contributed by atoms with E-state index in [1.54, 1.807) is 24.3 Å². The number of aromatic amines is 1. The monoisotopic (exact) mass is 635 g/mol. The fraction of sp³-hybridized carbons (Fsp3) is 0.393. The van der Waals surface area contributed by atoms with Crippen molar-refractivity contribution in [1.29, 1.82) is 0 Å². The van der Waals surface area contributed by atoms with Gasteiger partial charge in [-0.1, -0.05) is 49.7 Å². The summed E-state index contributed by atoms with van der Waals surface area (Å²) >= 11 is 5.54. The van der Waals surface area contributed by atoms with Gasteiger partial charge in [0.1, 0.15) is 24.0 Å². The first kappa shape index (κ1) is 32.4. The van der Waals surface area contributed by atoms with Gasteiger partial charge >= 0.3 is 19.4 Å². The minimum atomic E-state index is -4.44. The van der Waals surface area contributed by atoms with Crippen LogP contribution in [0.15, 0.2) is 64.3 Å². The van der Waals surface area contributed by atoms with Crippen LogP contribution in [0, 0.1) is 11.3 Å². The Morgan fingerprint density at radius 3 is 2.72 bits per heavy atom. The highest BCUT2D eigenvalue weighted by Crippen LogP contribution is 2.48. The van der Waals surface area contributed by atoms with Crippen molar-refractivity contribution in [3.05, 3.63) is 75.6 Å². The molecule has 0 spiro atoms. The third kappa shape index (κ3) is 7.37. The van der Waals surface area contributed by atoms with Gasteiger partial charge < -0.3 is 24.2 Å². The number of ether oxygens (including phenoxy) is 2. The molecule has 1 aliphatic rings. The summed E-state index contributed by atoms with van der Waals surface area (Å²) in [6, 6.07) is 12.1. The topological polar surface area (TPSA) is 178 Å². The van der Waals surface area contributed by atoms with Gasteiger partial charge in [0, 0.05) is 23.0 Å². The highest BCUT2D eigenvalue weighted by atomic mass is 35.5. The molecule has 0 bridgehead atoms. The summed E-state index contributed by atoms with van der Waals surface area (Å²) in [6.45, 7) is 2.86. The van der Waals surface area contributed by atoms with Crippen LogP contribution in [0.4, 0.5) is 0 Å². The van der Waals surface area contributed by atoms with E-state index in [0.717, 1.165) is 28.6 Å². The van der Waals surface area contributed by atoms with Crippen LogP contribution in [-0.2, 0) is 23.4 Å². The van der Waals surface area contributed by atoms with Gasteiger partial charge in [-0.15, -0.1) is 0 Å². The highest BCUT2D eigenvalue weighted by molar-refractivity contribution is 7.52. The Morgan fingerprint density at radius 1 is 1.26 bits per heavy atom. The lowest BCUT2D eigenvalue weighted by molar-refractivity contribution is -0.145. The number of benzene rings is 2. The van der Waals surface area contributed by atoms with Crippen LogP contribution in [0.5, 0.6) is 5.75 Å². The fourth-order valence-corrected chi connectivity index (χ4v) is 6.08. The van der Waals surface area contributed by atoms with E-state index in [1.165, 1.54) is 6.92 Å². The number of carbonyl (C=O) groups is 1. The lowest BCUT2D eigenvalue weighted by Gasteiger charge is -2.26. The average Bonchev–Trinajstić information content (AvgIpc) is 3.21. The Hall–Kier alpha value is -3.47. The number of hydrogen-bond donors (Lipinski definition) is 4. The van der Waals surface area contributed by atoms with Crippen LogP contribution in [0.2, 0.25) is 0 Å². The molecule has 0 radical (unpaired) electrons. The number of halogens is 1. The van der Waals surface area contributed by atoms with Crippen molar-refractivity contribution in [1.82, 2.24) is 14.6 Å². The molecule has 230 valence electrons. The zero-order chi connectivity index (χ0) is 31.2. The predicted octanol–water partition coefficient (Wildman–Crippen LogP) is 2.40. The second kappa shape index (κ2) is 13.9. The van der Waals surface area contributed by atoms with Gasteiger partial charge in [-0.05, 0) is 42.3 Å². The number of hydrogen-bond acceptors (Lipinski definition) is 10. The van der Waals surface area contributed by atoms with E-state index in [9.17, 15) is 29.2 Å². The van der Waals surface area contributed by atoms with Gasteiger partial charge in [-0.25, -0.2) is 9.36 Å². The van der Waals surface area contributed by atoms with Crippen molar-refractivity contribution in [2.75, 3.05) is 13.2 Å². The van der Waals surface area contributed by atoms with E-state index in [1.807, 2.05) is 35.5 Å². The zero-order valence-electron chi connectivity index (χ0n) is 23.3. The summed E-state index contributed by atoms with van der Waals surface area (Å²) < 4.78 is 37.5. The highest BCUT2D eigenvalue weighted by Gasteiger charge is 2.56. The standard InChI is InChI=1S/C28H31ClN3O10P/c1-3-4-16-39-25(35)18(2)31-43(38,42-21-11-7-9-19-8-5-6-10-20(19)21)40-17-22-24(34)28(37,13-14-29)26(41-22)32-15-12-23(33)30-27(32)36/h5-12,15,18,22,24,26,34,37H,3-4,16-17H2,1-2H3,(H,31,38)(H,30,33,36)/t18-,22+,24+,26+,28+,43?/m0/s1. The normalized spacial score (nSPS) is 23.6. The molecule has 1 unspecified atom stereocenters. The Labute approximate surface area is 251 Å². The molecule has 4 rings (SSSR count). The molecule has 4 N–H and O–H groups in total. The van der Waals surface area contributed by atoms with E-state index in [-0.39, 0.29) is 12.4 Å². The van der Waals surface area contributed by atoms with E-state index < -0.39 is 61.7 Å². The molecule has 2 heterocycles. The summed E-state index contributed by atoms with van der Waals surface area (Å²) in [7, 11) is -4.44. The number of nitrogens with one attached hydrogen (secondary N) is 2. The van der Waals surface area contributed by atoms with E-state index in [2.05, 4.69) is 11.0 Å².